The Morgan fingerprint density at radius 3 is 2.95 bits per heavy atom. The van der Waals surface area contributed by atoms with Gasteiger partial charge in [0.05, 0.1) is 6.10 Å². The second kappa shape index (κ2) is 6.43. The summed E-state index contributed by atoms with van der Waals surface area (Å²) >= 11 is 1.55. The largest absolute Gasteiger partial charge is 0.393 e. The molecule has 0 radical (unpaired) electrons. The van der Waals surface area contributed by atoms with E-state index < -0.39 is 0 Å². The van der Waals surface area contributed by atoms with Gasteiger partial charge in [-0.2, -0.15) is 0 Å². The van der Waals surface area contributed by atoms with Gasteiger partial charge in [0.25, 0.3) is 0 Å². The van der Waals surface area contributed by atoms with Crippen LogP contribution in [-0.4, -0.2) is 47.1 Å². The average Bonchev–Trinajstić information content (AvgIpc) is 2.42. The molecule has 0 bridgehead atoms. The number of piperidine rings is 1. The van der Waals surface area contributed by atoms with Crippen LogP contribution in [0, 0.1) is 5.92 Å². The van der Waals surface area contributed by atoms with E-state index in [-0.39, 0.29) is 12.0 Å². The lowest BCUT2D eigenvalue weighted by Gasteiger charge is -2.35. The molecular weight excluding hydrogens is 260 g/mol. The van der Waals surface area contributed by atoms with Gasteiger partial charge in [-0.05, 0) is 25.5 Å². The molecule has 0 aliphatic carbocycles. The molecule has 1 aromatic heterocycles. The molecule has 1 saturated heterocycles. The molecule has 1 aliphatic heterocycles. The van der Waals surface area contributed by atoms with Crippen LogP contribution in [0.4, 0.5) is 11.6 Å². The maximum absolute atomic E-state index is 9.81. The Bertz CT molecular complexity index is 429. The van der Waals surface area contributed by atoms with Crippen LogP contribution in [0.15, 0.2) is 11.2 Å². The van der Waals surface area contributed by atoms with Crippen LogP contribution in [-0.2, 0) is 0 Å². The van der Waals surface area contributed by atoms with Crippen LogP contribution in [0.2, 0.25) is 0 Å². The van der Waals surface area contributed by atoms with Crippen molar-refractivity contribution in [3.63, 3.8) is 0 Å². The lowest BCUT2D eigenvalue weighted by atomic mass is 9.97. The summed E-state index contributed by atoms with van der Waals surface area (Å²) in [5.74, 6) is 2.11. The van der Waals surface area contributed by atoms with Crippen molar-refractivity contribution in [3.8, 4) is 0 Å². The molecule has 6 heteroatoms. The molecular formula is C13H22N4OS. The van der Waals surface area contributed by atoms with Crippen molar-refractivity contribution in [3.05, 3.63) is 6.07 Å². The molecule has 106 valence electrons. The quantitative estimate of drug-likeness (QED) is 0.649. The minimum absolute atomic E-state index is 0.189. The topological polar surface area (TPSA) is 61.3 Å². The van der Waals surface area contributed by atoms with Gasteiger partial charge in [-0.1, -0.05) is 18.7 Å². The molecule has 0 amide bonds. The lowest BCUT2D eigenvalue weighted by Crippen LogP contribution is -2.42. The van der Waals surface area contributed by atoms with Gasteiger partial charge in [-0.15, -0.1) is 0 Å². The van der Waals surface area contributed by atoms with E-state index in [9.17, 15) is 5.11 Å². The Balaban J connectivity index is 2.20. The summed E-state index contributed by atoms with van der Waals surface area (Å²) in [4.78, 5) is 11.2. The van der Waals surface area contributed by atoms with Crippen molar-refractivity contribution >= 4 is 23.4 Å². The van der Waals surface area contributed by atoms with E-state index in [1.54, 1.807) is 11.8 Å². The van der Waals surface area contributed by atoms with E-state index in [1.165, 1.54) is 0 Å². The van der Waals surface area contributed by atoms with Crippen molar-refractivity contribution in [1.82, 2.24) is 9.97 Å². The maximum atomic E-state index is 9.81. The summed E-state index contributed by atoms with van der Waals surface area (Å²) in [5, 5.41) is 13.8. The molecule has 2 atom stereocenters. The summed E-state index contributed by atoms with van der Waals surface area (Å²) in [7, 11) is 0. The van der Waals surface area contributed by atoms with Gasteiger partial charge >= 0.3 is 0 Å². The summed E-state index contributed by atoms with van der Waals surface area (Å²) in [6.45, 7) is 6.68. The Labute approximate surface area is 118 Å². The molecule has 0 aromatic carbocycles. The minimum Gasteiger partial charge on any atom is -0.393 e. The number of aromatic nitrogens is 2. The van der Waals surface area contributed by atoms with Crippen molar-refractivity contribution in [2.75, 3.05) is 36.1 Å². The normalized spacial score (nSPS) is 23.5. The number of aliphatic hydroxyl groups is 1. The number of rotatable bonds is 4. The SMILES string of the molecule is CCNc1cc(N2CCC(O)C(C)C2)nc(SC)n1. The van der Waals surface area contributed by atoms with Crippen molar-refractivity contribution in [1.29, 1.82) is 0 Å². The van der Waals surface area contributed by atoms with Crippen LogP contribution in [0.1, 0.15) is 20.3 Å². The summed E-state index contributed by atoms with van der Waals surface area (Å²) < 4.78 is 0. The summed E-state index contributed by atoms with van der Waals surface area (Å²) in [6, 6.07) is 1.99. The number of anilines is 2. The highest BCUT2D eigenvalue weighted by Gasteiger charge is 2.25. The van der Waals surface area contributed by atoms with Gasteiger partial charge in [0.1, 0.15) is 11.6 Å². The zero-order valence-corrected chi connectivity index (χ0v) is 12.6. The number of hydrogen-bond acceptors (Lipinski definition) is 6. The highest BCUT2D eigenvalue weighted by Crippen LogP contribution is 2.25. The fraction of sp³-hybridized carbons (Fsp3) is 0.692. The predicted molar refractivity (Wildman–Crippen MR) is 80.0 cm³/mol. The fourth-order valence-electron chi connectivity index (χ4n) is 2.28. The predicted octanol–water partition coefficient (Wildman–Crippen LogP) is 1.84. The van der Waals surface area contributed by atoms with E-state index in [2.05, 4.69) is 34.0 Å². The highest BCUT2D eigenvalue weighted by molar-refractivity contribution is 7.98. The average molecular weight is 282 g/mol. The van der Waals surface area contributed by atoms with Crippen molar-refractivity contribution < 1.29 is 5.11 Å². The van der Waals surface area contributed by atoms with Crippen molar-refractivity contribution in [2.24, 2.45) is 5.92 Å². The first-order chi connectivity index (χ1) is 9.13. The minimum atomic E-state index is -0.189. The molecule has 0 spiro atoms. The first kappa shape index (κ1) is 14.4. The highest BCUT2D eigenvalue weighted by atomic mass is 32.2. The Morgan fingerprint density at radius 1 is 1.53 bits per heavy atom. The van der Waals surface area contributed by atoms with E-state index in [0.717, 1.165) is 42.8 Å². The fourth-order valence-corrected chi connectivity index (χ4v) is 2.65. The monoisotopic (exact) mass is 282 g/mol. The second-order valence-electron chi connectivity index (χ2n) is 4.91. The van der Waals surface area contributed by atoms with Crippen molar-refractivity contribution in [2.45, 2.75) is 31.5 Å². The molecule has 1 aliphatic rings. The first-order valence-corrected chi connectivity index (χ1v) is 7.96. The third-order valence-electron chi connectivity index (χ3n) is 3.42. The van der Waals surface area contributed by atoms with E-state index in [4.69, 9.17) is 0 Å². The molecule has 2 N–H and O–H groups in total. The van der Waals surface area contributed by atoms with Crippen LogP contribution in [0.25, 0.3) is 0 Å². The summed E-state index contributed by atoms with van der Waals surface area (Å²) in [5.41, 5.74) is 0. The second-order valence-corrected chi connectivity index (χ2v) is 5.68. The number of nitrogens with one attached hydrogen (secondary N) is 1. The molecule has 2 unspecified atom stereocenters. The molecule has 2 heterocycles. The number of hydrogen-bond donors (Lipinski definition) is 2. The lowest BCUT2D eigenvalue weighted by molar-refractivity contribution is 0.0968. The van der Waals surface area contributed by atoms with Gasteiger partial charge in [-0.25, -0.2) is 9.97 Å². The third-order valence-corrected chi connectivity index (χ3v) is 3.96. The molecule has 1 fully saturated rings. The van der Waals surface area contributed by atoms with Gasteiger partial charge in [0, 0.05) is 25.7 Å². The van der Waals surface area contributed by atoms with Crippen LogP contribution >= 0.6 is 11.8 Å². The molecule has 5 nitrogen and oxygen atoms in total. The van der Waals surface area contributed by atoms with Crippen LogP contribution in [0.3, 0.4) is 0 Å². The number of thioether (sulfide) groups is 1. The Kier molecular flexibility index (Phi) is 4.87. The Morgan fingerprint density at radius 2 is 2.32 bits per heavy atom. The summed E-state index contributed by atoms with van der Waals surface area (Å²) in [6.07, 6.45) is 2.60. The number of aliphatic hydroxyl groups excluding tert-OH is 1. The van der Waals surface area contributed by atoms with E-state index in [0.29, 0.717) is 0 Å². The smallest absolute Gasteiger partial charge is 0.191 e. The Hall–Kier alpha value is -1.01. The maximum Gasteiger partial charge on any atom is 0.191 e. The molecule has 1 aromatic rings. The van der Waals surface area contributed by atoms with Gasteiger partial charge in [-0.3, -0.25) is 0 Å². The molecule has 0 saturated carbocycles. The van der Waals surface area contributed by atoms with Gasteiger partial charge in [0.2, 0.25) is 0 Å². The van der Waals surface area contributed by atoms with E-state index in [1.807, 2.05) is 12.3 Å². The zero-order chi connectivity index (χ0) is 13.8. The third kappa shape index (κ3) is 3.51. The van der Waals surface area contributed by atoms with E-state index >= 15 is 0 Å². The van der Waals surface area contributed by atoms with Gasteiger partial charge < -0.3 is 15.3 Å². The number of nitrogens with zero attached hydrogens (tertiary/aromatic N) is 3. The standard InChI is InChI=1S/C13H22N4OS/c1-4-14-11-7-12(16-13(15-11)19-3)17-6-5-10(18)9(2)8-17/h7,9-10,18H,4-6,8H2,1-3H3,(H,14,15,16). The van der Waals surface area contributed by atoms with Gasteiger partial charge in [0.15, 0.2) is 5.16 Å². The molecule has 19 heavy (non-hydrogen) atoms. The zero-order valence-electron chi connectivity index (χ0n) is 11.8. The van der Waals surface area contributed by atoms with Crippen LogP contribution in [0.5, 0.6) is 0 Å². The van der Waals surface area contributed by atoms with Crippen LogP contribution < -0.4 is 10.2 Å². The molecule has 2 rings (SSSR count). The first-order valence-electron chi connectivity index (χ1n) is 6.74.